The van der Waals surface area contributed by atoms with Crippen LogP contribution in [0.25, 0.3) is 27.8 Å². The molecule has 1 heterocycles. The number of benzene rings is 3. The molecule has 4 aromatic rings. The summed E-state index contributed by atoms with van der Waals surface area (Å²) in [5.74, 6) is 0.522. The van der Waals surface area contributed by atoms with Crippen molar-refractivity contribution in [3.8, 4) is 28.6 Å². The van der Waals surface area contributed by atoms with Crippen LogP contribution < -0.4 is 0 Å². The van der Waals surface area contributed by atoms with Gasteiger partial charge < -0.3 is 10.2 Å². The Labute approximate surface area is 155 Å². The summed E-state index contributed by atoms with van der Waals surface area (Å²) in [6.45, 7) is 1.94. The minimum absolute atomic E-state index is 0.0456. The summed E-state index contributed by atoms with van der Waals surface area (Å²) in [7, 11) is 0. The van der Waals surface area contributed by atoms with Gasteiger partial charge in [0.25, 0.3) is 0 Å². The van der Waals surface area contributed by atoms with Crippen molar-refractivity contribution < 1.29 is 10.2 Å². The fraction of sp³-hybridized carbons (Fsp3) is 0.100. The Morgan fingerprint density at radius 2 is 1.77 bits per heavy atom. The summed E-state index contributed by atoms with van der Waals surface area (Å²) in [4.78, 5) is 0. The minimum Gasteiger partial charge on any atom is -0.508 e. The summed E-state index contributed by atoms with van der Waals surface area (Å²) in [6, 6.07) is 17.2. The number of H-pyrrole nitrogens is 1. The molecule has 0 aliphatic carbocycles. The van der Waals surface area contributed by atoms with Crippen LogP contribution in [0.1, 0.15) is 12.5 Å². The first-order chi connectivity index (χ1) is 12.6. The van der Waals surface area contributed by atoms with Crippen LogP contribution in [0.2, 0.25) is 0 Å². The van der Waals surface area contributed by atoms with Crippen molar-refractivity contribution in [1.29, 1.82) is 0 Å². The van der Waals surface area contributed by atoms with Crippen LogP contribution in [0.5, 0.6) is 11.5 Å². The second-order valence-corrected chi connectivity index (χ2v) is 6.46. The molecule has 0 amide bonds. The molecule has 130 valence electrons. The van der Waals surface area contributed by atoms with Crippen molar-refractivity contribution in [3.05, 3.63) is 64.9 Å². The molecule has 1 aromatic heterocycles. The van der Waals surface area contributed by atoms with E-state index in [0.29, 0.717) is 22.6 Å². The van der Waals surface area contributed by atoms with Gasteiger partial charge in [-0.1, -0.05) is 37.3 Å². The highest BCUT2D eigenvalue weighted by Gasteiger charge is 2.17. The van der Waals surface area contributed by atoms with Crippen LogP contribution in [-0.2, 0) is 6.42 Å². The largest absolute Gasteiger partial charge is 0.508 e. The zero-order valence-electron chi connectivity index (χ0n) is 14.1. The summed E-state index contributed by atoms with van der Waals surface area (Å²) in [5.41, 5.74) is 2.10. The minimum atomic E-state index is -0.0456. The fourth-order valence-corrected chi connectivity index (χ4v) is 3.35. The van der Waals surface area contributed by atoms with E-state index in [1.54, 1.807) is 10.6 Å². The molecule has 0 unspecified atom stereocenters. The van der Waals surface area contributed by atoms with Gasteiger partial charge in [0.05, 0.1) is 11.3 Å². The third kappa shape index (κ3) is 2.64. The van der Waals surface area contributed by atoms with Crippen LogP contribution in [0.4, 0.5) is 0 Å². The average Bonchev–Trinajstić information content (AvgIpc) is 3.03. The number of hydrogen-bond donors (Lipinski definition) is 3. The van der Waals surface area contributed by atoms with E-state index in [4.69, 9.17) is 12.2 Å². The molecule has 0 spiro atoms. The second kappa shape index (κ2) is 6.31. The van der Waals surface area contributed by atoms with E-state index in [1.807, 2.05) is 49.4 Å². The van der Waals surface area contributed by atoms with E-state index in [1.165, 1.54) is 6.07 Å². The van der Waals surface area contributed by atoms with E-state index in [-0.39, 0.29) is 11.5 Å². The highest BCUT2D eigenvalue weighted by Crippen LogP contribution is 2.35. The number of phenolic OH excluding ortho intramolecular Hbond substituents is 2. The van der Waals surface area contributed by atoms with E-state index < -0.39 is 0 Å². The van der Waals surface area contributed by atoms with Gasteiger partial charge in [0.2, 0.25) is 0 Å². The number of nitrogens with zero attached hydrogens (tertiary/aromatic N) is 2. The van der Waals surface area contributed by atoms with E-state index in [0.717, 1.165) is 22.0 Å². The number of fused-ring (bicyclic) bond motifs is 1. The molecular weight excluding hydrogens is 346 g/mol. The number of nitrogens with one attached hydrogen (secondary N) is 1. The maximum atomic E-state index is 10.4. The molecule has 0 aliphatic heterocycles. The van der Waals surface area contributed by atoms with Gasteiger partial charge in [-0.25, -0.2) is 0 Å². The zero-order valence-corrected chi connectivity index (χ0v) is 14.9. The molecule has 0 aliphatic rings. The number of aromatic amines is 1. The molecule has 0 atom stereocenters. The molecule has 5 nitrogen and oxygen atoms in total. The number of aryl methyl sites for hydroxylation is 1. The third-order valence-corrected chi connectivity index (χ3v) is 4.76. The molecule has 6 heteroatoms. The molecule has 0 saturated heterocycles. The molecule has 3 N–H and O–H groups in total. The first-order valence-electron chi connectivity index (χ1n) is 8.30. The zero-order chi connectivity index (χ0) is 18.3. The van der Waals surface area contributed by atoms with Gasteiger partial charge in [-0.2, -0.15) is 5.10 Å². The van der Waals surface area contributed by atoms with E-state index in [9.17, 15) is 10.2 Å². The first-order valence-corrected chi connectivity index (χ1v) is 8.71. The lowest BCUT2D eigenvalue weighted by atomic mass is 10.1. The third-order valence-electron chi connectivity index (χ3n) is 4.48. The van der Waals surface area contributed by atoms with Crippen molar-refractivity contribution in [2.45, 2.75) is 13.3 Å². The number of aromatic hydroxyl groups is 2. The van der Waals surface area contributed by atoms with Gasteiger partial charge in [0.15, 0.2) is 10.6 Å². The highest BCUT2D eigenvalue weighted by atomic mass is 32.1. The molecule has 26 heavy (non-hydrogen) atoms. The van der Waals surface area contributed by atoms with Gasteiger partial charge in [-0.05, 0) is 53.2 Å². The van der Waals surface area contributed by atoms with Crippen LogP contribution in [-0.4, -0.2) is 25.0 Å². The Hall–Kier alpha value is -3.12. The first kappa shape index (κ1) is 16.4. The van der Waals surface area contributed by atoms with Crippen molar-refractivity contribution in [2.24, 2.45) is 0 Å². The summed E-state index contributed by atoms with van der Waals surface area (Å²) in [6.07, 6.45) is 0.639. The fourth-order valence-electron chi connectivity index (χ4n) is 3.12. The molecular formula is C20H17N3O2S. The van der Waals surface area contributed by atoms with Crippen LogP contribution in [0.3, 0.4) is 0 Å². The predicted molar refractivity (Wildman–Crippen MR) is 104 cm³/mol. The quantitative estimate of drug-likeness (QED) is 0.460. The van der Waals surface area contributed by atoms with Crippen molar-refractivity contribution >= 4 is 23.0 Å². The monoisotopic (exact) mass is 363 g/mol. The van der Waals surface area contributed by atoms with Crippen molar-refractivity contribution in [2.75, 3.05) is 0 Å². The van der Waals surface area contributed by atoms with Gasteiger partial charge >= 0.3 is 0 Å². The lowest BCUT2D eigenvalue weighted by Gasteiger charge is -2.11. The lowest BCUT2D eigenvalue weighted by molar-refractivity contribution is 0.447. The van der Waals surface area contributed by atoms with Gasteiger partial charge in [-0.3, -0.25) is 9.67 Å². The van der Waals surface area contributed by atoms with Crippen LogP contribution >= 0.6 is 12.2 Å². The van der Waals surface area contributed by atoms with E-state index in [2.05, 4.69) is 10.2 Å². The Morgan fingerprint density at radius 1 is 1.00 bits per heavy atom. The summed E-state index contributed by atoms with van der Waals surface area (Å²) in [5, 5.41) is 29.6. The second-order valence-electron chi connectivity index (χ2n) is 6.07. The average molecular weight is 363 g/mol. The SMILES string of the molecule is CCc1cc(-c2n[nH]c(=S)n2-c2ccc3ccccc3c2)c(O)cc1O. The number of rotatable bonds is 3. The van der Waals surface area contributed by atoms with Gasteiger partial charge in [-0.15, -0.1) is 0 Å². The molecule has 0 bridgehead atoms. The maximum absolute atomic E-state index is 10.4. The van der Waals surface area contributed by atoms with E-state index >= 15 is 0 Å². The Kier molecular flexibility index (Phi) is 3.97. The summed E-state index contributed by atoms with van der Waals surface area (Å²) >= 11 is 5.42. The Bertz CT molecular complexity index is 1180. The summed E-state index contributed by atoms with van der Waals surface area (Å²) < 4.78 is 2.22. The van der Waals surface area contributed by atoms with Crippen LogP contribution in [0.15, 0.2) is 54.6 Å². The number of aromatic nitrogens is 3. The number of phenols is 2. The standard InChI is InChI=1S/C20H17N3O2S/c1-2-12-10-16(18(25)11-17(12)24)19-21-22-20(26)23(19)15-8-7-13-5-3-4-6-14(13)9-15/h3-11,24-25H,2H2,1H3,(H,22,26). The van der Waals surface area contributed by atoms with Crippen LogP contribution in [0, 0.1) is 4.77 Å². The lowest BCUT2D eigenvalue weighted by Crippen LogP contribution is -1.99. The number of hydrogen-bond acceptors (Lipinski definition) is 4. The maximum Gasteiger partial charge on any atom is 0.200 e. The van der Waals surface area contributed by atoms with Gasteiger partial charge in [0.1, 0.15) is 11.5 Å². The molecule has 4 rings (SSSR count). The van der Waals surface area contributed by atoms with Crippen molar-refractivity contribution in [1.82, 2.24) is 14.8 Å². The molecule has 0 saturated carbocycles. The smallest absolute Gasteiger partial charge is 0.200 e. The Morgan fingerprint density at radius 3 is 2.54 bits per heavy atom. The molecule has 0 radical (unpaired) electrons. The topological polar surface area (TPSA) is 74.1 Å². The highest BCUT2D eigenvalue weighted by molar-refractivity contribution is 7.71. The molecule has 3 aromatic carbocycles. The van der Waals surface area contributed by atoms with Gasteiger partial charge in [0, 0.05) is 6.07 Å². The van der Waals surface area contributed by atoms with Crippen molar-refractivity contribution in [3.63, 3.8) is 0 Å². The predicted octanol–water partition coefficient (Wildman–Crippen LogP) is 4.72. The Balaban J connectivity index is 1.95. The normalized spacial score (nSPS) is 11.1. The molecule has 0 fully saturated rings.